The van der Waals surface area contributed by atoms with Crippen molar-refractivity contribution in [2.24, 2.45) is 0 Å². The van der Waals surface area contributed by atoms with Crippen molar-refractivity contribution in [3.63, 3.8) is 0 Å². The minimum Gasteiger partial charge on any atom is -0.372 e. The van der Waals surface area contributed by atoms with Gasteiger partial charge in [-0.05, 0) is 16.7 Å². The highest BCUT2D eigenvalue weighted by Crippen LogP contribution is 2.12. The number of hydrogen-bond donors (Lipinski definition) is 1. The van der Waals surface area contributed by atoms with E-state index in [2.05, 4.69) is 22.4 Å². The Labute approximate surface area is 167 Å². The fourth-order valence-electron chi connectivity index (χ4n) is 2.90. The summed E-state index contributed by atoms with van der Waals surface area (Å²) in [7, 11) is 0. The van der Waals surface area contributed by atoms with Gasteiger partial charge < -0.3 is 10.1 Å². The summed E-state index contributed by atoms with van der Waals surface area (Å²) in [5.41, 5.74) is 4.13. The molecule has 0 unspecified atom stereocenters. The van der Waals surface area contributed by atoms with Gasteiger partial charge in [-0.2, -0.15) is 0 Å². The first-order valence-electron chi connectivity index (χ1n) is 9.13. The zero-order chi connectivity index (χ0) is 19.2. The van der Waals surface area contributed by atoms with Crippen LogP contribution in [0.5, 0.6) is 0 Å². The van der Waals surface area contributed by atoms with E-state index >= 15 is 0 Å². The number of carbonyl (C=O) groups is 1. The lowest BCUT2D eigenvalue weighted by molar-refractivity contribution is -0.120. The second kappa shape index (κ2) is 8.82. The van der Waals surface area contributed by atoms with Gasteiger partial charge in [-0.1, -0.05) is 54.6 Å². The molecule has 5 nitrogen and oxygen atoms in total. The van der Waals surface area contributed by atoms with E-state index in [1.54, 1.807) is 11.3 Å². The van der Waals surface area contributed by atoms with Crippen molar-refractivity contribution in [1.82, 2.24) is 14.7 Å². The van der Waals surface area contributed by atoms with Crippen LogP contribution in [-0.2, 0) is 35.7 Å². The molecule has 0 aliphatic heterocycles. The van der Waals surface area contributed by atoms with Crippen LogP contribution in [0.1, 0.15) is 22.4 Å². The number of nitrogens with zero attached hydrogens (tertiary/aromatic N) is 2. The average molecular weight is 391 g/mol. The third-order valence-electron chi connectivity index (χ3n) is 4.38. The van der Waals surface area contributed by atoms with Gasteiger partial charge in [0.25, 0.3) is 0 Å². The molecule has 28 heavy (non-hydrogen) atoms. The summed E-state index contributed by atoms with van der Waals surface area (Å²) in [6, 6.07) is 18.2. The third kappa shape index (κ3) is 4.85. The highest BCUT2D eigenvalue weighted by atomic mass is 32.1. The number of fused-ring (bicyclic) bond motifs is 1. The van der Waals surface area contributed by atoms with Crippen LogP contribution in [0, 0.1) is 0 Å². The van der Waals surface area contributed by atoms with Gasteiger partial charge >= 0.3 is 0 Å². The van der Waals surface area contributed by atoms with Crippen LogP contribution >= 0.6 is 11.3 Å². The second-order valence-corrected chi connectivity index (χ2v) is 7.45. The Morgan fingerprint density at radius 1 is 1.00 bits per heavy atom. The number of amides is 1. The number of aromatic nitrogens is 2. The molecular weight excluding hydrogens is 370 g/mol. The van der Waals surface area contributed by atoms with Gasteiger partial charge in [0.2, 0.25) is 5.91 Å². The van der Waals surface area contributed by atoms with Crippen LogP contribution in [0.2, 0.25) is 0 Å². The first-order valence-corrected chi connectivity index (χ1v) is 10.0. The minimum absolute atomic E-state index is 0.0268. The highest BCUT2D eigenvalue weighted by Gasteiger charge is 2.08. The Morgan fingerprint density at radius 2 is 1.71 bits per heavy atom. The normalized spacial score (nSPS) is 11.0. The molecule has 2 heterocycles. The van der Waals surface area contributed by atoms with Gasteiger partial charge in [0.05, 0.1) is 25.3 Å². The summed E-state index contributed by atoms with van der Waals surface area (Å²) in [5.74, 6) is -0.0268. The summed E-state index contributed by atoms with van der Waals surface area (Å²) in [6.07, 6.45) is 4.13. The SMILES string of the molecule is O=C(Cc1cn2ccsc2n1)NCc1ccc(COCc2ccccc2)cc1. The summed E-state index contributed by atoms with van der Waals surface area (Å²) >= 11 is 1.56. The fraction of sp³-hybridized carbons (Fsp3) is 0.182. The largest absolute Gasteiger partial charge is 0.372 e. The number of thiazole rings is 1. The maximum absolute atomic E-state index is 12.2. The van der Waals surface area contributed by atoms with E-state index in [-0.39, 0.29) is 5.91 Å². The Morgan fingerprint density at radius 3 is 2.46 bits per heavy atom. The number of carbonyl (C=O) groups excluding carboxylic acids is 1. The van der Waals surface area contributed by atoms with Gasteiger partial charge in [-0.25, -0.2) is 4.98 Å². The summed E-state index contributed by atoms with van der Waals surface area (Å²) in [6.45, 7) is 1.68. The number of ether oxygens (including phenoxy) is 1. The maximum atomic E-state index is 12.2. The van der Waals surface area contributed by atoms with Gasteiger partial charge in [0, 0.05) is 24.3 Å². The molecule has 2 aromatic heterocycles. The molecule has 0 saturated heterocycles. The number of imidazole rings is 1. The molecule has 0 atom stereocenters. The van der Waals surface area contributed by atoms with Crippen LogP contribution in [0.4, 0.5) is 0 Å². The van der Waals surface area contributed by atoms with Crippen molar-refractivity contribution < 1.29 is 9.53 Å². The Kier molecular flexibility index (Phi) is 5.80. The zero-order valence-corrected chi connectivity index (χ0v) is 16.2. The van der Waals surface area contributed by atoms with E-state index in [9.17, 15) is 4.79 Å². The first-order chi connectivity index (χ1) is 13.8. The van der Waals surface area contributed by atoms with E-state index in [1.165, 1.54) is 5.56 Å². The lowest BCUT2D eigenvalue weighted by Gasteiger charge is -2.07. The van der Waals surface area contributed by atoms with Crippen molar-refractivity contribution in [3.8, 4) is 0 Å². The van der Waals surface area contributed by atoms with E-state index in [0.717, 1.165) is 21.8 Å². The predicted octanol–water partition coefficient (Wildman–Crippen LogP) is 3.97. The predicted molar refractivity (Wildman–Crippen MR) is 110 cm³/mol. The van der Waals surface area contributed by atoms with Gasteiger partial charge in [-0.3, -0.25) is 9.20 Å². The fourth-order valence-corrected chi connectivity index (χ4v) is 3.62. The van der Waals surface area contributed by atoms with Crippen molar-refractivity contribution in [3.05, 3.63) is 94.8 Å². The molecule has 0 aliphatic carbocycles. The highest BCUT2D eigenvalue weighted by molar-refractivity contribution is 7.15. The molecule has 0 spiro atoms. The van der Waals surface area contributed by atoms with Crippen molar-refractivity contribution >= 4 is 22.2 Å². The lowest BCUT2D eigenvalue weighted by Crippen LogP contribution is -2.24. The van der Waals surface area contributed by atoms with Crippen molar-refractivity contribution in [1.29, 1.82) is 0 Å². The van der Waals surface area contributed by atoms with E-state index in [1.807, 2.05) is 64.6 Å². The lowest BCUT2D eigenvalue weighted by atomic mass is 10.1. The maximum Gasteiger partial charge on any atom is 0.226 e. The van der Waals surface area contributed by atoms with E-state index in [0.29, 0.717) is 26.2 Å². The molecule has 0 saturated carbocycles. The molecule has 1 N–H and O–H groups in total. The standard InChI is InChI=1S/C22H21N3O2S/c26-21(12-20-14-25-10-11-28-22(25)24-20)23-13-17-6-8-19(9-7-17)16-27-15-18-4-2-1-3-5-18/h1-11,14H,12-13,15-16H2,(H,23,26). The van der Waals surface area contributed by atoms with Crippen molar-refractivity contribution in [2.75, 3.05) is 0 Å². The Bertz CT molecular complexity index is 1010. The molecule has 4 rings (SSSR count). The van der Waals surface area contributed by atoms with Gasteiger partial charge in [-0.15, -0.1) is 11.3 Å². The number of hydrogen-bond acceptors (Lipinski definition) is 4. The molecule has 142 valence electrons. The van der Waals surface area contributed by atoms with Gasteiger partial charge in [0.15, 0.2) is 4.96 Å². The van der Waals surface area contributed by atoms with Crippen molar-refractivity contribution in [2.45, 2.75) is 26.2 Å². The Hall–Kier alpha value is -2.96. The molecular formula is C22H21N3O2S. The smallest absolute Gasteiger partial charge is 0.226 e. The van der Waals surface area contributed by atoms with Crippen LogP contribution in [0.15, 0.2) is 72.4 Å². The van der Waals surface area contributed by atoms with Crippen LogP contribution in [-0.4, -0.2) is 15.3 Å². The van der Waals surface area contributed by atoms with Crippen LogP contribution in [0.3, 0.4) is 0 Å². The van der Waals surface area contributed by atoms with Gasteiger partial charge in [0.1, 0.15) is 0 Å². The van der Waals surface area contributed by atoms with Crippen LogP contribution < -0.4 is 5.32 Å². The molecule has 0 aliphatic rings. The quantitative estimate of drug-likeness (QED) is 0.494. The van der Waals surface area contributed by atoms with E-state index < -0.39 is 0 Å². The minimum atomic E-state index is -0.0268. The zero-order valence-electron chi connectivity index (χ0n) is 15.4. The van der Waals surface area contributed by atoms with E-state index in [4.69, 9.17) is 4.74 Å². The number of nitrogens with one attached hydrogen (secondary N) is 1. The first kappa shape index (κ1) is 18.4. The Balaban J connectivity index is 1.21. The molecule has 4 aromatic rings. The summed E-state index contributed by atoms with van der Waals surface area (Å²) < 4.78 is 7.69. The molecule has 0 bridgehead atoms. The summed E-state index contributed by atoms with van der Waals surface area (Å²) in [4.78, 5) is 17.5. The summed E-state index contributed by atoms with van der Waals surface area (Å²) in [5, 5.41) is 4.93. The molecule has 0 fully saturated rings. The number of rotatable bonds is 8. The molecule has 1 amide bonds. The van der Waals surface area contributed by atoms with Crippen LogP contribution in [0.25, 0.3) is 4.96 Å². The molecule has 0 radical (unpaired) electrons. The second-order valence-electron chi connectivity index (χ2n) is 6.57. The average Bonchev–Trinajstić information content (AvgIpc) is 3.30. The molecule has 6 heteroatoms. The topological polar surface area (TPSA) is 55.6 Å². The number of benzene rings is 2. The third-order valence-corrected chi connectivity index (χ3v) is 5.15. The monoisotopic (exact) mass is 391 g/mol. The molecule has 2 aromatic carbocycles.